The second-order valence-electron chi connectivity index (χ2n) is 7.35. The molecule has 146 valence electrons. The van der Waals surface area contributed by atoms with Gasteiger partial charge in [-0.15, -0.1) is 0 Å². The molecule has 0 spiro atoms. The maximum atomic E-state index is 13.3. The molecule has 8 heteroatoms. The average Bonchev–Trinajstić information content (AvgIpc) is 3.11. The summed E-state index contributed by atoms with van der Waals surface area (Å²) in [6, 6.07) is 8.33. The zero-order valence-electron chi connectivity index (χ0n) is 15.7. The van der Waals surface area contributed by atoms with Gasteiger partial charge in [-0.3, -0.25) is 14.6 Å². The molecular formula is C20H23FN6O. The van der Waals surface area contributed by atoms with E-state index in [1.807, 2.05) is 6.07 Å². The number of likely N-dealkylation sites (N-methyl/N-ethyl adjacent to an activating group) is 1. The minimum Gasteiger partial charge on any atom is -0.384 e. The Labute approximate surface area is 162 Å². The smallest absolute Gasteiger partial charge is 0.252 e. The van der Waals surface area contributed by atoms with Crippen LogP contribution in [0, 0.1) is 5.82 Å². The first-order valence-electron chi connectivity index (χ1n) is 9.29. The van der Waals surface area contributed by atoms with E-state index in [0.717, 1.165) is 24.9 Å². The number of hydrogen-bond donors (Lipinski definition) is 2. The van der Waals surface area contributed by atoms with E-state index >= 15 is 0 Å². The maximum Gasteiger partial charge on any atom is 0.252 e. The van der Waals surface area contributed by atoms with E-state index < -0.39 is 0 Å². The van der Waals surface area contributed by atoms with E-state index in [1.165, 1.54) is 12.1 Å². The Hall–Kier alpha value is -2.84. The third-order valence-corrected chi connectivity index (χ3v) is 5.27. The number of rotatable bonds is 5. The largest absolute Gasteiger partial charge is 0.384 e. The van der Waals surface area contributed by atoms with Crippen LogP contribution in [0.15, 0.2) is 41.3 Å². The average molecular weight is 382 g/mol. The molecule has 2 aromatic heterocycles. The molecule has 0 radical (unpaired) electrons. The molecule has 1 unspecified atom stereocenters. The summed E-state index contributed by atoms with van der Waals surface area (Å²) in [4.78, 5) is 28.2. The molecule has 0 saturated carbocycles. The molecule has 1 aliphatic heterocycles. The number of likely N-dealkylation sites (tertiary alicyclic amines) is 1. The predicted molar refractivity (Wildman–Crippen MR) is 106 cm³/mol. The van der Waals surface area contributed by atoms with Crippen molar-refractivity contribution in [1.29, 1.82) is 0 Å². The molecule has 3 heterocycles. The van der Waals surface area contributed by atoms with Crippen LogP contribution in [0.3, 0.4) is 0 Å². The lowest BCUT2D eigenvalue weighted by Gasteiger charge is -2.24. The lowest BCUT2D eigenvalue weighted by atomic mass is 10.1. The summed E-state index contributed by atoms with van der Waals surface area (Å²) in [5.41, 5.74) is 6.78. The zero-order chi connectivity index (χ0) is 19.7. The third-order valence-electron chi connectivity index (χ3n) is 5.27. The second kappa shape index (κ2) is 7.65. The predicted octanol–water partition coefficient (Wildman–Crippen LogP) is 1.75. The van der Waals surface area contributed by atoms with E-state index in [4.69, 9.17) is 5.73 Å². The van der Waals surface area contributed by atoms with Gasteiger partial charge in [0.05, 0.1) is 12.1 Å². The molecule has 0 bridgehead atoms. The lowest BCUT2D eigenvalue weighted by molar-refractivity contribution is 0.218. The molecule has 0 aliphatic carbocycles. The molecule has 28 heavy (non-hydrogen) atoms. The molecule has 3 N–H and O–H groups in total. The molecule has 1 fully saturated rings. The second-order valence-corrected chi connectivity index (χ2v) is 7.35. The summed E-state index contributed by atoms with van der Waals surface area (Å²) in [5, 5.41) is 0.836. The minimum absolute atomic E-state index is 0.164. The van der Waals surface area contributed by atoms with Gasteiger partial charge in [-0.2, -0.15) is 0 Å². The van der Waals surface area contributed by atoms with Gasteiger partial charge in [-0.25, -0.2) is 14.4 Å². The number of halogens is 1. The van der Waals surface area contributed by atoms with Crippen molar-refractivity contribution in [3.63, 3.8) is 0 Å². The molecule has 4 rings (SSSR count). The topological polar surface area (TPSA) is 91.1 Å². The van der Waals surface area contributed by atoms with Crippen LogP contribution < -0.4 is 11.3 Å². The molecule has 1 atom stereocenters. The summed E-state index contributed by atoms with van der Waals surface area (Å²) in [5.74, 6) is 0.825. The van der Waals surface area contributed by atoms with E-state index in [-0.39, 0.29) is 11.4 Å². The number of nitrogen functional groups attached to an aromatic ring is 1. The number of nitrogens with zero attached hydrogens (tertiary/aromatic N) is 4. The van der Waals surface area contributed by atoms with Gasteiger partial charge in [0.25, 0.3) is 5.56 Å². The van der Waals surface area contributed by atoms with Crippen molar-refractivity contribution in [3.05, 3.63) is 64.1 Å². The van der Waals surface area contributed by atoms with Crippen molar-refractivity contribution in [3.8, 4) is 0 Å². The number of aromatic nitrogens is 3. The molecule has 3 aromatic rings. The fourth-order valence-corrected chi connectivity index (χ4v) is 3.74. The van der Waals surface area contributed by atoms with Gasteiger partial charge in [0.2, 0.25) is 0 Å². The number of nitrogens with two attached hydrogens (primary N) is 1. The van der Waals surface area contributed by atoms with E-state index in [1.54, 1.807) is 18.3 Å². The fourth-order valence-electron chi connectivity index (χ4n) is 3.74. The van der Waals surface area contributed by atoms with Crippen molar-refractivity contribution in [2.24, 2.45) is 0 Å². The van der Waals surface area contributed by atoms with Gasteiger partial charge in [0.1, 0.15) is 17.5 Å². The summed E-state index contributed by atoms with van der Waals surface area (Å²) < 4.78 is 13.3. The van der Waals surface area contributed by atoms with Crippen molar-refractivity contribution in [1.82, 2.24) is 24.8 Å². The Morgan fingerprint density at radius 1 is 1.36 bits per heavy atom. The first-order chi connectivity index (χ1) is 13.5. The summed E-state index contributed by atoms with van der Waals surface area (Å²) in [7, 11) is 2.05. The van der Waals surface area contributed by atoms with Crippen LogP contribution >= 0.6 is 0 Å². The van der Waals surface area contributed by atoms with Crippen LogP contribution in [0.4, 0.5) is 10.2 Å². The van der Waals surface area contributed by atoms with E-state index in [0.29, 0.717) is 41.9 Å². The Morgan fingerprint density at radius 3 is 3.04 bits per heavy atom. The fraction of sp³-hybridized carbons (Fsp3) is 0.350. The Balaban J connectivity index is 1.42. The van der Waals surface area contributed by atoms with Crippen LogP contribution in [0.5, 0.6) is 0 Å². The Bertz CT molecular complexity index is 1050. The summed E-state index contributed by atoms with van der Waals surface area (Å²) in [6.07, 6.45) is 2.68. The van der Waals surface area contributed by atoms with Gasteiger partial charge in [0, 0.05) is 37.4 Å². The van der Waals surface area contributed by atoms with Crippen LogP contribution in [-0.2, 0) is 13.1 Å². The SMILES string of the molecule is CN(Cc1nccc(N)n1)C1CCN(Cc2cc3ccc(F)cc3[nH]c2=O)C1. The molecule has 1 aliphatic rings. The number of nitrogens with one attached hydrogen (secondary N) is 1. The zero-order valence-corrected chi connectivity index (χ0v) is 15.7. The molecule has 0 amide bonds. The van der Waals surface area contributed by atoms with Gasteiger partial charge in [-0.1, -0.05) is 0 Å². The highest BCUT2D eigenvalue weighted by Crippen LogP contribution is 2.19. The molecule has 1 saturated heterocycles. The van der Waals surface area contributed by atoms with Crippen molar-refractivity contribution in [2.75, 3.05) is 25.9 Å². The standard InChI is InChI=1S/C20H23FN6O/c1-26(12-19-23-6-4-18(22)25-19)16-5-7-27(11-16)10-14-8-13-2-3-15(21)9-17(13)24-20(14)28/h2-4,6,8-9,16H,5,7,10-12H2,1H3,(H,24,28)(H2,22,23,25). The van der Waals surface area contributed by atoms with Crippen molar-refractivity contribution >= 4 is 16.7 Å². The maximum absolute atomic E-state index is 13.3. The number of aromatic amines is 1. The Kier molecular flexibility index (Phi) is 5.06. The van der Waals surface area contributed by atoms with Gasteiger partial charge in [-0.05, 0) is 49.2 Å². The third kappa shape index (κ3) is 4.02. The van der Waals surface area contributed by atoms with E-state index in [9.17, 15) is 9.18 Å². The molecule has 7 nitrogen and oxygen atoms in total. The van der Waals surface area contributed by atoms with Gasteiger partial charge < -0.3 is 10.7 Å². The normalized spacial score (nSPS) is 17.6. The highest BCUT2D eigenvalue weighted by Gasteiger charge is 2.26. The van der Waals surface area contributed by atoms with Crippen LogP contribution in [0.25, 0.3) is 10.9 Å². The highest BCUT2D eigenvalue weighted by molar-refractivity contribution is 5.78. The summed E-state index contributed by atoms with van der Waals surface area (Å²) >= 11 is 0. The van der Waals surface area contributed by atoms with Crippen LogP contribution in [0.1, 0.15) is 17.8 Å². The first kappa shape index (κ1) is 18.5. The summed E-state index contributed by atoms with van der Waals surface area (Å²) in [6.45, 7) is 2.97. The number of anilines is 1. The molecule has 1 aromatic carbocycles. The quantitative estimate of drug-likeness (QED) is 0.699. The van der Waals surface area contributed by atoms with Gasteiger partial charge in [0.15, 0.2) is 0 Å². The van der Waals surface area contributed by atoms with Crippen molar-refractivity contribution < 1.29 is 4.39 Å². The van der Waals surface area contributed by atoms with E-state index in [2.05, 4.69) is 31.8 Å². The first-order valence-corrected chi connectivity index (χ1v) is 9.29. The molecular weight excluding hydrogens is 359 g/mol. The van der Waals surface area contributed by atoms with Crippen LogP contribution in [-0.4, -0.2) is 50.9 Å². The number of fused-ring (bicyclic) bond motifs is 1. The van der Waals surface area contributed by atoms with Crippen molar-refractivity contribution in [2.45, 2.75) is 25.6 Å². The van der Waals surface area contributed by atoms with Gasteiger partial charge >= 0.3 is 0 Å². The number of benzene rings is 1. The number of pyridine rings is 1. The monoisotopic (exact) mass is 382 g/mol. The van der Waals surface area contributed by atoms with Crippen LogP contribution in [0.2, 0.25) is 0 Å². The highest BCUT2D eigenvalue weighted by atomic mass is 19.1. The number of H-pyrrole nitrogens is 1. The number of hydrogen-bond acceptors (Lipinski definition) is 6. The minimum atomic E-state index is -0.356. The Morgan fingerprint density at radius 2 is 2.21 bits per heavy atom. The lowest BCUT2D eigenvalue weighted by Crippen LogP contribution is -2.35.